The van der Waals surface area contributed by atoms with Crippen molar-refractivity contribution >= 4 is 23.4 Å². The SMILES string of the molecule is CN(C)C(=O)[C@H]1CC[C@@H](CNC(=O)c2cc(Cl)c[nH]2)O1. The summed E-state index contributed by atoms with van der Waals surface area (Å²) in [5.74, 6) is -0.266. The van der Waals surface area contributed by atoms with Crippen LogP contribution < -0.4 is 5.32 Å². The molecule has 0 aromatic carbocycles. The van der Waals surface area contributed by atoms with Crippen LogP contribution in [0.4, 0.5) is 0 Å². The van der Waals surface area contributed by atoms with Crippen LogP contribution in [0.5, 0.6) is 0 Å². The quantitative estimate of drug-likeness (QED) is 0.872. The number of nitrogens with zero attached hydrogens (tertiary/aromatic N) is 1. The van der Waals surface area contributed by atoms with Crippen LogP contribution in [0.15, 0.2) is 12.3 Å². The van der Waals surface area contributed by atoms with E-state index in [2.05, 4.69) is 10.3 Å². The number of rotatable bonds is 4. The fourth-order valence-corrected chi connectivity index (χ4v) is 2.29. The molecule has 1 aromatic rings. The minimum Gasteiger partial charge on any atom is -0.363 e. The van der Waals surface area contributed by atoms with E-state index in [-0.39, 0.29) is 17.9 Å². The molecule has 2 atom stereocenters. The molecule has 1 saturated heterocycles. The summed E-state index contributed by atoms with van der Waals surface area (Å²) in [6.45, 7) is 0.382. The third kappa shape index (κ3) is 3.52. The van der Waals surface area contributed by atoms with Crippen molar-refractivity contribution in [1.29, 1.82) is 0 Å². The van der Waals surface area contributed by atoms with E-state index in [1.807, 2.05) is 0 Å². The van der Waals surface area contributed by atoms with Crippen molar-refractivity contribution in [3.05, 3.63) is 23.0 Å². The molecule has 0 radical (unpaired) electrons. The van der Waals surface area contributed by atoms with Gasteiger partial charge in [0.15, 0.2) is 0 Å². The summed E-state index contributed by atoms with van der Waals surface area (Å²) < 4.78 is 5.63. The monoisotopic (exact) mass is 299 g/mol. The number of aromatic amines is 1. The standard InChI is InChI=1S/C13H18ClN3O3/c1-17(2)13(19)11-4-3-9(20-11)7-16-12(18)10-5-8(14)6-15-10/h5-6,9,11,15H,3-4,7H2,1-2H3,(H,16,18)/t9-,11+/m0/s1. The van der Waals surface area contributed by atoms with Crippen LogP contribution in [0.2, 0.25) is 5.02 Å². The molecule has 2 rings (SSSR count). The zero-order valence-corrected chi connectivity index (χ0v) is 12.2. The second kappa shape index (κ2) is 6.28. The molecule has 0 spiro atoms. The molecule has 1 fully saturated rings. The summed E-state index contributed by atoms with van der Waals surface area (Å²) in [5.41, 5.74) is 0.411. The van der Waals surface area contributed by atoms with Crippen LogP contribution in [-0.2, 0) is 9.53 Å². The fraction of sp³-hybridized carbons (Fsp3) is 0.538. The average Bonchev–Trinajstić information content (AvgIpc) is 3.03. The summed E-state index contributed by atoms with van der Waals surface area (Å²) in [6, 6.07) is 1.56. The Labute approximate surface area is 122 Å². The maximum Gasteiger partial charge on any atom is 0.267 e. The van der Waals surface area contributed by atoms with E-state index in [4.69, 9.17) is 16.3 Å². The normalized spacial score (nSPS) is 21.8. The lowest BCUT2D eigenvalue weighted by molar-refractivity contribution is -0.140. The molecule has 1 aromatic heterocycles. The van der Waals surface area contributed by atoms with Crippen molar-refractivity contribution in [2.75, 3.05) is 20.6 Å². The maximum absolute atomic E-state index is 11.8. The van der Waals surface area contributed by atoms with E-state index in [0.717, 1.165) is 6.42 Å². The minimum absolute atomic E-state index is 0.0324. The van der Waals surface area contributed by atoms with Crippen LogP contribution in [0.1, 0.15) is 23.3 Å². The summed E-state index contributed by atoms with van der Waals surface area (Å²) in [7, 11) is 3.41. The predicted molar refractivity (Wildman–Crippen MR) is 74.7 cm³/mol. The zero-order chi connectivity index (χ0) is 14.7. The first-order valence-corrected chi connectivity index (χ1v) is 6.84. The van der Waals surface area contributed by atoms with Crippen molar-refractivity contribution in [3.63, 3.8) is 0 Å². The van der Waals surface area contributed by atoms with Gasteiger partial charge in [-0.25, -0.2) is 0 Å². The molecule has 0 bridgehead atoms. The largest absolute Gasteiger partial charge is 0.363 e. The van der Waals surface area contributed by atoms with Crippen molar-refractivity contribution in [3.8, 4) is 0 Å². The molecule has 6 nitrogen and oxygen atoms in total. The summed E-state index contributed by atoms with van der Waals surface area (Å²) in [4.78, 5) is 27.9. The van der Waals surface area contributed by atoms with Crippen molar-refractivity contribution in [2.45, 2.75) is 25.0 Å². The van der Waals surface area contributed by atoms with E-state index < -0.39 is 6.10 Å². The topological polar surface area (TPSA) is 74.4 Å². The van der Waals surface area contributed by atoms with Gasteiger partial charge in [0, 0.05) is 26.8 Å². The lowest BCUT2D eigenvalue weighted by Crippen LogP contribution is -2.36. The van der Waals surface area contributed by atoms with Crippen LogP contribution in [0.25, 0.3) is 0 Å². The molecule has 0 saturated carbocycles. The van der Waals surface area contributed by atoms with Gasteiger partial charge in [0.2, 0.25) is 0 Å². The Bertz CT molecular complexity index is 501. The lowest BCUT2D eigenvalue weighted by Gasteiger charge is -2.17. The molecule has 0 unspecified atom stereocenters. The van der Waals surface area contributed by atoms with E-state index >= 15 is 0 Å². The molecule has 2 heterocycles. The number of nitrogens with one attached hydrogen (secondary N) is 2. The number of H-pyrrole nitrogens is 1. The molecular weight excluding hydrogens is 282 g/mol. The number of likely N-dealkylation sites (N-methyl/N-ethyl adjacent to an activating group) is 1. The average molecular weight is 300 g/mol. The Morgan fingerprint density at radius 1 is 1.50 bits per heavy atom. The number of ether oxygens (including phenoxy) is 1. The number of aromatic nitrogens is 1. The molecular formula is C13H18ClN3O3. The number of hydrogen-bond acceptors (Lipinski definition) is 3. The Hall–Kier alpha value is -1.53. The van der Waals surface area contributed by atoms with E-state index in [9.17, 15) is 9.59 Å². The molecule has 20 heavy (non-hydrogen) atoms. The molecule has 0 aliphatic carbocycles. The maximum atomic E-state index is 11.8. The number of amides is 2. The highest BCUT2D eigenvalue weighted by Gasteiger charge is 2.31. The lowest BCUT2D eigenvalue weighted by atomic mass is 10.2. The first kappa shape index (κ1) is 14.9. The second-order valence-electron chi connectivity index (χ2n) is 5.00. The highest BCUT2D eigenvalue weighted by atomic mass is 35.5. The summed E-state index contributed by atoms with van der Waals surface area (Å²) >= 11 is 5.74. The van der Waals surface area contributed by atoms with Crippen LogP contribution >= 0.6 is 11.6 Å². The molecule has 2 N–H and O–H groups in total. The molecule has 7 heteroatoms. The molecule has 110 valence electrons. The number of carbonyl (C=O) groups is 2. The number of carbonyl (C=O) groups excluding carboxylic acids is 2. The Kier molecular flexibility index (Phi) is 4.67. The van der Waals surface area contributed by atoms with Gasteiger partial charge in [-0.05, 0) is 18.9 Å². The van der Waals surface area contributed by atoms with Gasteiger partial charge in [0.05, 0.1) is 11.1 Å². The first-order chi connectivity index (χ1) is 9.47. The van der Waals surface area contributed by atoms with Crippen molar-refractivity contribution in [2.24, 2.45) is 0 Å². The highest BCUT2D eigenvalue weighted by Crippen LogP contribution is 2.20. The van der Waals surface area contributed by atoms with Gasteiger partial charge in [-0.1, -0.05) is 11.6 Å². The minimum atomic E-state index is -0.396. The molecule has 2 amide bonds. The predicted octanol–water partition coefficient (Wildman–Crippen LogP) is 1.03. The van der Waals surface area contributed by atoms with Gasteiger partial charge in [-0.15, -0.1) is 0 Å². The van der Waals surface area contributed by atoms with Gasteiger partial charge in [-0.3, -0.25) is 9.59 Å². The zero-order valence-electron chi connectivity index (χ0n) is 11.5. The van der Waals surface area contributed by atoms with Gasteiger partial charge in [-0.2, -0.15) is 0 Å². The first-order valence-electron chi connectivity index (χ1n) is 6.46. The van der Waals surface area contributed by atoms with Gasteiger partial charge in [0.1, 0.15) is 11.8 Å². The van der Waals surface area contributed by atoms with Crippen molar-refractivity contribution < 1.29 is 14.3 Å². The van der Waals surface area contributed by atoms with Gasteiger partial charge >= 0.3 is 0 Å². The Morgan fingerprint density at radius 3 is 2.85 bits per heavy atom. The smallest absolute Gasteiger partial charge is 0.267 e. The van der Waals surface area contributed by atoms with Crippen LogP contribution in [0.3, 0.4) is 0 Å². The molecule has 1 aliphatic rings. The Balaban J connectivity index is 1.78. The van der Waals surface area contributed by atoms with E-state index in [1.54, 1.807) is 26.4 Å². The number of hydrogen-bond donors (Lipinski definition) is 2. The fourth-order valence-electron chi connectivity index (χ4n) is 2.13. The third-order valence-corrected chi connectivity index (χ3v) is 3.42. The Morgan fingerprint density at radius 2 is 2.25 bits per heavy atom. The van der Waals surface area contributed by atoms with Crippen LogP contribution in [0, 0.1) is 0 Å². The van der Waals surface area contributed by atoms with Crippen LogP contribution in [-0.4, -0.2) is 54.5 Å². The number of halogens is 1. The third-order valence-electron chi connectivity index (χ3n) is 3.21. The van der Waals surface area contributed by atoms with Gasteiger partial charge < -0.3 is 19.9 Å². The van der Waals surface area contributed by atoms with Crippen molar-refractivity contribution in [1.82, 2.24) is 15.2 Å². The summed E-state index contributed by atoms with van der Waals surface area (Å²) in [5, 5.41) is 3.25. The van der Waals surface area contributed by atoms with E-state index in [0.29, 0.717) is 23.7 Å². The summed E-state index contributed by atoms with van der Waals surface area (Å²) in [6.07, 6.45) is 2.47. The molecule has 1 aliphatic heterocycles. The highest BCUT2D eigenvalue weighted by molar-refractivity contribution is 6.30. The second-order valence-corrected chi connectivity index (χ2v) is 5.43. The van der Waals surface area contributed by atoms with Gasteiger partial charge in [0.25, 0.3) is 11.8 Å². The van der Waals surface area contributed by atoms with E-state index in [1.165, 1.54) is 4.90 Å².